The molecule has 34 heavy (non-hydrogen) atoms. The molecule has 7 nitrogen and oxygen atoms in total. The van der Waals surface area contributed by atoms with Crippen molar-refractivity contribution in [2.24, 2.45) is 0 Å². The monoisotopic (exact) mass is 477 g/mol. The average Bonchev–Trinajstić information content (AvgIpc) is 3.22. The number of rotatable bonds is 8. The predicted molar refractivity (Wildman–Crippen MR) is 138 cm³/mol. The molecule has 8 heteroatoms. The number of carbonyl (C=O) groups excluding carboxylic acids is 1. The van der Waals surface area contributed by atoms with E-state index in [2.05, 4.69) is 29.5 Å². The zero-order valence-electron chi connectivity index (χ0n) is 20.3. The number of hydrogen-bond acceptors (Lipinski definition) is 6. The van der Waals surface area contributed by atoms with Gasteiger partial charge in [-0.05, 0) is 67.8 Å². The maximum atomic E-state index is 13.7. The lowest BCUT2D eigenvalue weighted by Crippen LogP contribution is -2.31. The van der Waals surface area contributed by atoms with Crippen LogP contribution in [0.2, 0.25) is 0 Å². The molecule has 0 radical (unpaired) electrons. The van der Waals surface area contributed by atoms with E-state index in [1.54, 1.807) is 11.8 Å². The molecule has 2 heterocycles. The first kappa shape index (κ1) is 23.9. The van der Waals surface area contributed by atoms with Crippen molar-refractivity contribution in [3.8, 4) is 5.75 Å². The Bertz CT molecular complexity index is 1230. The summed E-state index contributed by atoms with van der Waals surface area (Å²) in [5.74, 6) is 2.09. The minimum atomic E-state index is -0.440. The van der Waals surface area contributed by atoms with Gasteiger partial charge in [0.05, 0.1) is 12.2 Å². The number of fused-ring (bicyclic) bond motifs is 1. The minimum absolute atomic E-state index is 0.172. The number of hydrogen-bond donors (Lipinski definition) is 2. The minimum Gasteiger partial charge on any atom is -0.494 e. The van der Waals surface area contributed by atoms with Crippen LogP contribution in [0.15, 0.2) is 58.9 Å². The van der Waals surface area contributed by atoms with Gasteiger partial charge in [-0.2, -0.15) is 4.98 Å². The molecule has 0 aliphatic carbocycles. The van der Waals surface area contributed by atoms with Gasteiger partial charge in [-0.15, -0.1) is 5.10 Å². The molecule has 1 aliphatic heterocycles. The van der Waals surface area contributed by atoms with Crippen LogP contribution in [-0.4, -0.2) is 33.0 Å². The van der Waals surface area contributed by atoms with Crippen molar-refractivity contribution < 1.29 is 9.53 Å². The fourth-order valence-electron chi connectivity index (χ4n) is 3.99. The molecule has 1 amide bonds. The van der Waals surface area contributed by atoms with Crippen LogP contribution in [0, 0.1) is 13.8 Å². The third-order valence-corrected chi connectivity index (χ3v) is 6.57. The summed E-state index contributed by atoms with van der Waals surface area (Å²) in [5, 5.41) is 11.8. The van der Waals surface area contributed by atoms with Gasteiger partial charge in [0.1, 0.15) is 11.8 Å². The number of benzene rings is 2. The Morgan fingerprint density at radius 2 is 1.97 bits per heavy atom. The van der Waals surface area contributed by atoms with Gasteiger partial charge in [-0.25, -0.2) is 4.68 Å². The highest BCUT2D eigenvalue weighted by Gasteiger charge is 2.34. The maximum absolute atomic E-state index is 13.7. The summed E-state index contributed by atoms with van der Waals surface area (Å²) in [7, 11) is 0. The Morgan fingerprint density at radius 3 is 2.74 bits per heavy atom. The van der Waals surface area contributed by atoms with Crippen LogP contribution in [0.3, 0.4) is 0 Å². The molecular weight excluding hydrogens is 446 g/mol. The average molecular weight is 478 g/mol. The van der Waals surface area contributed by atoms with Gasteiger partial charge in [0.25, 0.3) is 5.91 Å². The second-order valence-corrected chi connectivity index (χ2v) is 9.52. The Hall–Kier alpha value is -3.26. The van der Waals surface area contributed by atoms with Crippen LogP contribution < -0.4 is 15.4 Å². The van der Waals surface area contributed by atoms with Crippen molar-refractivity contribution in [3.05, 3.63) is 70.4 Å². The number of amides is 1. The van der Waals surface area contributed by atoms with Gasteiger partial charge in [0, 0.05) is 11.4 Å². The van der Waals surface area contributed by atoms with Gasteiger partial charge >= 0.3 is 0 Å². The van der Waals surface area contributed by atoms with Gasteiger partial charge < -0.3 is 15.4 Å². The number of nitrogens with one attached hydrogen (secondary N) is 2. The smallest absolute Gasteiger partial charge is 0.255 e. The van der Waals surface area contributed by atoms with Crippen LogP contribution >= 0.6 is 11.8 Å². The summed E-state index contributed by atoms with van der Waals surface area (Å²) in [6, 6.07) is 13.4. The van der Waals surface area contributed by atoms with Crippen LogP contribution in [0.5, 0.6) is 5.75 Å². The molecule has 0 saturated heterocycles. The summed E-state index contributed by atoms with van der Waals surface area (Å²) in [6.45, 7) is 10.7. The number of aryl methyl sites for hydroxylation is 1. The Morgan fingerprint density at radius 1 is 1.18 bits per heavy atom. The molecular formula is C26H31N5O2S. The zero-order chi connectivity index (χ0) is 24.2. The molecule has 0 saturated carbocycles. The first-order valence-corrected chi connectivity index (χ1v) is 12.6. The van der Waals surface area contributed by atoms with E-state index in [-0.39, 0.29) is 5.91 Å². The summed E-state index contributed by atoms with van der Waals surface area (Å²) in [6.07, 6.45) is 0.922. The Balaban J connectivity index is 1.78. The third-order valence-electron chi connectivity index (χ3n) is 5.85. The molecule has 4 rings (SSSR count). The van der Waals surface area contributed by atoms with Crippen molar-refractivity contribution >= 4 is 29.3 Å². The molecule has 3 aromatic rings. The number of allylic oxidation sites excluding steroid dienone is 1. The Labute approximate surface area is 205 Å². The van der Waals surface area contributed by atoms with Crippen LogP contribution in [0.25, 0.3) is 0 Å². The van der Waals surface area contributed by atoms with Crippen molar-refractivity contribution in [2.45, 2.75) is 52.2 Å². The second kappa shape index (κ2) is 10.3. The lowest BCUT2D eigenvalue weighted by atomic mass is 9.94. The lowest BCUT2D eigenvalue weighted by molar-refractivity contribution is -0.113. The number of thioether (sulfide) groups is 1. The molecule has 2 aromatic carbocycles. The number of nitrogens with zero attached hydrogens (tertiary/aromatic N) is 3. The SMILES string of the molecule is CCCOc1cccc(C2C(C(=O)Nc3cccc(C)c3C)=C(C)Nc3nc(SCC)nn32)c1. The van der Waals surface area contributed by atoms with Crippen LogP contribution in [-0.2, 0) is 4.79 Å². The highest BCUT2D eigenvalue weighted by atomic mass is 32.2. The van der Waals surface area contributed by atoms with E-state index >= 15 is 0 Å². The fraction of sp³-hybridized carbons (Fsp3) is 0.346. The first-order chi connectivity index (χ1) is 16.4. The molecule has 0 bridgehead atoms. The summed E-state index contributed by atoms with van der Waals surface area (Å²) in [4.78, 5) is 18.4. The molecule has 1 aliphatic rings. The van der Waals surface area contributed by atoms with Crippen LogP contribution in [0.4, 0.5) is 11.6 Å². The molecule has 1 aromatic heterocycles. The molecule has 1 atom stereocenters. The van der Waals surface area contributed by atoms with Crippen molar-refractivity contribution in [1.82, 2.24) is 14.8 Å². The largest absolute Gasteiger partial charge is 0.494 e. The van der Waals surface area contributed by atoms with Gasteiger partial charge in [-0.1, -0.05) is 49.9 Å². The fourth-order valence-corrected chi connectivity index (χ4v) is 4.55. The quantitative estimate of drug-likeness (QED) is 0.404. The number of carbonyl (C=O) groups is 1. The summed E-state index contributed by atoms with van der Waals surface area (Å²) >= 11 is 1.57. The van der Waals surface area contributed by atoms with Gasteiger partial charge in [0.2, 0.25) is 11.1 Å². The van der Waals surface area contributed by atoms with E-state index in [4.69, 9.17) is 9.84 Å². The molecule has 178 valence electrons. The highest BCUT2D eigenvalue weighted by Crippen LogP contribution is 2.38. The summed E-state index contributed by atoms with van der Waals surface area (Å²) < 4.78 is 7.69. The summed E-state index contributed by atoms with van der Waals surface area (Å²) in [5.41, 5.74) is 5.24. The predicted octanol–water partition coefficient (Wildman–Crippen LogP) is 5.72. The molecule has 2 N–H and O–H groups in total. The maximum Gasteiger partial charge on any atom is 0.255 e. The van der Waals surface area contributed by atoms with Gasteiger partial charge in [0.15, 0.2) is 0 Å². The van der Waals surface area contributed by atoms with E-state index in [0.717, 1.165) is 46.0 Å². The number of ether oxygens (including phenoxy) is 1. The molecule has 1 unspecified atom stereocenters. The number of anilines is 2. The normalized spacial score (nSPS) is 15.0. The zero-order valence-corrected chi connectivity index (χ0v) is 21.1. The van der Waals surface area contributed by atoms with Crippen LogP contribution in [0.1, 0.15) is 49.9 Å². The van der Waals surface area contributed by atoms with E-state index in [9.17, 15) is 4.79 Å². The van der Waals surface area contributed by atoms with E-state index < -0.39 is 6.04 Å². The van der Waals surface area contributed by atoms with Crippen molar-refractivity contribution in [2.75, 3.05) is 23.0 Å². The standard InChI is InChI=1S/C26H31N5O2S/c1-6-14-33-20-12-9-11-19(15-20)23-22(24(32)28-21-13-8-10-16(3)17(21)4)18(5)27-25-29-26(34-7-2)30-31(23)25/h8-13,15,23H,6-7,14H2,1-5H3,(H,28,32)(H,27,29,30). The molecule has 0 fully saturated rings. The van der Waals surface area contributed by atoms with E-state index in [1.807, 2.05) is 67.9 Å². The van der Waals surface area contributed by atoms with Crippen molar-refractivity contribution in [3.63, 3.8) is 0 Å². The van der Waals surface area contributed by atoms with Crippen molar-refractivity contribution in [1.29, 1.82) is 0 Å². The highest BCUT2D eigenvalue weighted by molar-refractivity contribution is 7.99. The van der Waals surface area contributed by atoms with E-state index in [1.165, 1.54) is 0 Å². The topological polar surface area (TPSA) is 81.1 Å². The van der Waals surface area contributed by atoms with Gasteiger partial charge in [-0.3, -0.25) is 4.79 Å². The first-order valence-electron chi connectivity index (χ1n) is 11.6. The third kappa shape index (κ3) is 4.82. The second-order valence-electron chi connectivity index (χ2n) is 8.28. The lowest BCUT2D eigenvalue weighted by Gasteiger charge is -2.29. The Kier molecular flexibility index (Phi) is 7.26. The number of aromatic nitrogens is 3. The molecule has 0 spiro atoms. The van der Waals surface area contributed by atoms with E-state index in [0.29, 0.717) is 23.3 Å².